The highest BCUT2D eigenvalue weighted by Gasteiger charge is 2.52. The number of carbonyl (C=O) groups excluding carboxylic acids is 5. The van der Waals surface area contributed by atoms with Gasteiger partial charge in [0.25, 0.3) is 11.8 Å². The number of aromatic amines is 4. The summed E-state index contributed by atoms with van der Waals surface area (Å²) in [7, 11) is 11.4. The second kappa shape index (κ2) is 34.1. The monoisotopic (exact) mass is 1670 g/mol. The van der Waals surface area contributed by atoms with Crippen LogP contribution in [-0.2, 0) is 78.0 Å². The Bertz CT molecular complexity index is 5300. The predicted octanol–water partition coefficient (Wildman–Crippen LogP) is 12.3. The molecule has 12 aliphatic rings. The number of fused-ring (bicyclic) bond motifs is 24. The SMILES string of the molecule is CCOC(=O)NNC(=O)C1=CO[C@@H](C)[C@@H]2CN3CCc4c([nH]c5ccccc45)[C@@H]3C[C@H]12.COC(=O)C1=CO[C@@H](C)C2CN3CCc4c([nH]c5cc(OC)c(OC)cc45)C3CC12.COc1cc2[nH]c3c(c2cc1OC)CCN1C[C@H]2[C@H](C)OC=C(C(=O)NN)[C@H]2C[C@H]31.COc1cc2[nH]c3c(c2cc1OC)CCN1C[C@H]2[C@H](C)OC=C(OC(C)=O)[C@H]2C[C@H]31.[HH].[HH].[HH]. The summed E-state index contributed by atoms with van der Waals surface area (Å²) in [6.45, 7) is 19.3. The van der Waals surface area contributed by atoms with Gasteiger partial charge in [0.15, 0.2) is 34.5 Å². The number of aromatic nitrogens is 4. The molecule has 12 aliphatic heterocycles. The Morgan fingerprint density at radius 3 is 1.18 bits per heavy atom. The number of esters is 2. The van der Waals surface area contributed by atoms with Gasteiger partial charge >= 0.3 is 18.0 Å². The number of allylic oxidation sites excluding steroid dienone is 1. The Labute approximate surface area is 707 Å². The van der Waals surface area contributed by atoms with Gasteiger partial charge in [0.05, 0.1) is 140 Å². The maximum atomic E-state index is 12.9. The summed E-state index contributed by atoms with van der Waals surface area (Å²) in [5.74, 6) is 10.8. The van der Waals surface area contributed by atoms with Gasteiger partial charge in [-0.05, 0) is 133 Å². The zero-order valence-corrected chi connectivity index (χ0v) is 71.1. The van der Waals surface area contributed by atoms with Crippen molar-refractivity contribution in [1.29, 1.82) is 0 Å². The van der Waals surface area contributed by atoms with Gasteiger partial charge in [-0.3, -0.25) is 44.8 Å². The van der Waals surface area contributed by atoms with Crippen molar-refractivity contribution in [1.82, 2.24) is 55.8 Å². The molecule has 30 nitrogen and oxygen atoms in total. The van der Waals surface area contributed by atoms with Crippen molar-refractivity contribution in [2.75, 3.05) is 109 Å². The maximum Gasteiger partial charge on any atom is 0.426 e. The number of benzene rings is 4. The molecule has 8 aromatic rings. The van der Waals surface area contributed by atoms with E-state index in [0.717, 1.165) is 149 Å². The number of methoxy groups -OCH3 is 7. The zero-order chi connectivity index (χ0) is 84.5. The van der Waals surface area contributed by atoms with Gasteiger partial charge < -0.3 is 81.5 Å². The van der Waals surface area contributed by atoms with Crippen molar-refractivity contribution >= 4 is 73.5 Å². The first-order chi connectivity index (χ1) is 58.7. The minimum Gasteiger partial charge on any atom is -0.497 e. The molecule has 650 valence electrons. The third-order valence-electron chi connectivity index (χ3n) is 28.1. The molecule has 16 atom stereocenters. The molecule has 0 radical (unpaired) electrons. The van der Waals surface area contributed by atoms with Crippen LogP contribution in [0.15, 0.2) is 108 Å². The molecule has 0 saturated carbocycles. The van der Waals surface area contributed by atoms with Crippen LogP contribution in [-0.4, -0.2) is 203 Å². The van der Waals surface area contributed by atoms with Crippen molar-refractivity contribution in [3.8, 4) is 34.5 Å². The van der Waals surface area contributed by atoms with Gasteiger partial charge in [0.1, 0.15) is 12.0 Å². The number of hydrogen-bond donors (Lipinski definition) is 8. The number of amides is 3. The molecule has 0 aliphatic carbocycles. The van der Waals surface area contributed by atoms with Crippen LogP contribution in [0.3, 0.4) is 0 Å². The number of nitrogens with zero attached hydrogens (tertiary/aromatic N) is 4. The number of nitrogens with one attached hydrogen (secondary N) is 7. The number of piperidine rings is 4. The molecule has 4 aromatic heterocycles. The Morgan fingerprint density at radius 2 is 0.793 bits per heavy atom. The lowest BCUT2D eigenvalue weighted by atomic mass is 9.72. The summed E-state index contributed by atoms with van der Waals surface area (Å²) in [5, 5.41) is 4.86. The first-order valence-electron chi connectivity index (χ1n) is 42.4. The van der Waals surface area contributed by atoms with Crippen molar-refractivity contribution in [3.63, 3.8) is 0 Å². The van der Waals surface area contributed by atoms with E-state index in [-0.39, 0.29) is 125 Å². The summed E-state index contributed by atoms with van der Waals surface area (Å²) in [5.41, 5.74) is 23.7. The highest BCUT2D eigenvalue weighted by Crippen LogP contribution is 2.54. The lowest BCUT2D eigenvalue weighted by Crippen LogP contribution is -2.53. The number of para-hydroxylation sites is 1. The highest BCUT2D eigenvalue weighted by atomic mass is 16.6. The molecule has 4 saturated heterocycles. The van der Waals surface area contributed by atoms with Gasteiger partial charge in [-0.25, -0.2) is 20.9 Å². The van der Waals surface area contributed by atoms with E-state index in [1.54, 1.807) is 74.6 Å². The molecule has 9 N–H and O–H groups in total. The van der Waals surface area contributed by atoms with Crippen molar-refractivity contribution in [2.45, 2.75) is 141 Å². The largest absolute Gasteiger partial charge is 0.497 e. The van der Waals surface area contributed by atoms with Crippen molar-refractivity contribution in [2.24, 2.45) is 53.2 Å². The summed E-state index contributed by atoms with van der Waals surface area (Å²) in [6.07, 6.45) is 13.5. The summed E-state index contributed by atoms with van der Waals surface area (Å²) in [4.78, 5) is 85.6. The molecule has 4 fully saturated rings. The Hall–Kier alpha value is -11.1. The fourth-order valence-corrected chi connectivity index (χ4v) is 22.0. The molecule has 0 spiro atoms. The van der Waals surface area contributed by atoms with Crippen LogP contribution in [0.2, 0.25) is 0 Å². The molecule has 3 unspecified atom stereocenters. The van der Waals surface area contributed by atoms with E-state index in [4.69, 9.17) is 67.4 Å². The Balaban J connectivity index is 0.000000133. The fourth-order valence-electron chi connectivity index (χ4n) is 22.0. The normalized spacial score (nSPS) is 27.8. The predicted molar refractivity (Wildman–Crippen MR) is 456 cm³/mol. The molecule has 16 heterocycles. The van der Waals surface area contributed by atoms with E-state index < -0.39 is 6.09 Å². The van der Waals surface area contributed by atoms with Crippen LogP contribution >= 0.6 is 0 Å². The minimum atomic E-state index is -0.678. The minimum absolute atomic E-state index is 0. The zero-order valence-electron chi connectivity index (χ0n) is 71.1. The van der Waals surface area contributed by atoms with E-state index in [1.807, 2.05) is 18.2 Å². The number of hydrazine groups is 2. The lowest BCUT2D eigenvalue weighted by molar-refractivity contribution is -0.141. The van der Waals surface area contributed by atoms with Crippen LogP contribution in [0.4, 0.5) is 4.79 Å². The van der Waals surface area contributed by atoms with Gasteiger partial charge in [-0.1, -0.05) is 18.2 Å². The number of hydrogen-bond acceptors (Lipinski definition) is 23. The average molecular weight is 1670 g/mol. The van der Waals surface area contributed by atoms with E-state index in [0.29, 0.717) is 34.1 Å². The fraction of sp³-hybridized carbons (Fsp3) is 0.505. The maximum absolute atomic E-state index is 12.9. The number of nitrogens with two attached hydrogens (primary N) is 1. The molecule has 121 heavy (non-hydrogen) atoms. The van der Waals surface area contributed by atoms with Gasteiger partial charge in [0, 0.05) is 195 Å². The number of ether oxygens (including phenoxy) is 13. The molecule has 20 rings (SSSR count). The summed E-state index contributed by atoms with van der Waals surface area (Å²) < 4.78 is 71.7. The second-order valence-electron chi connectivity index (χ2n) is 33.9. The van der Waals surface area contributed by atoms with Crippen molar-refractivity contribution in [3.05, 3.63) is 153 Å². The smallest absolute Gasteiger partial charge is 0.426 e. The van der Waals surface area contributed by atoms with Crippen LogP contribution in [0, 0.1) is 47.3 Å². The molecular formula is C91H118N12O18. The lowest BCUT2D eigenvalue weighted by Gasteiger charge is -2.49. The van der Waals surface area contributed by atoms with Crippen LogP contribution in [0.5, 0.6) is 34.5 Å². The van der Waals surface area contributed by atoms with E-state index in [1.165, 1.54) is 86.1 Å². The molecule has 3 amide bonds. The first kappa shape index (κ1) is 82.3. The summed E-state index contributed by atoms with van der Waals surface area (Å²) in [6, 6.07) is 21.6. The van der Waals surface area contributed by atoms with Crippen LogP contribution in [0.1, 0.15) is 141 Å². The van der Waals surface area contributed by atoms with Gasteiger partial charge in [-0.15, -0.1) is 0 Å². The number of H-pyrrole nitrogens is 4. The molecule has 0 bridgehead atoms. The van der Waals surface area contributed by atoms with Gasteiger partial charge in [-0.2, -0.15) is 0 Å². The van der Waals surface area contributed by atoms with Crippen molar-refractivity contribution < 1.29 is 89.8 Å². The highest BCUT2D eigenvalue weighted by molar-refractivity contribution is 5.96. The Morgan fingerprint density at radius 1 is 0.446 bits per heavy atom. The second-order valence-corrected chi connectivity index (χ2v) is 33.9. The molecule has 4 aromatic carbocycles. The Kier molecular flexibility index (Phi) is 23.2. The third-order valence-corrected chi connectivity index (χ3v) is 28.1. The van der Waals surface area contributed by atoms with E-state index in [2.05, 4.69) is 126 Å². The van der Waals surface area contributed by atoms with Crippen LogP contribution in [0.25, 0.3) is 43.6 Å². The number of rotatable bonds is 11. The van der Waals surface area contributed by atoms with E-state index in [9.17, 15) is 24.0 Å². The average Bonchev–Trinajstić information content (AvgIpc) is 1.49. The van der Waals surface area contributed by atoms with Gasteiger partial charge in [0.2, 0.25) is 0 Å². The topological polar surface area (TPSA) is 344 Å². The van der Waals surface area contributed by atoms with Crippen LogP contribution < -0.4 is 50.5 Å². The molecular weight excluding hydrogens is 1550 g/mol. The molecule has 30 heteroatoms. The summed E-state index contributed by atoms with van der Waals surface area (Å²) >= 11 is 0. The third kappa shape index (κ3) is 15.0. The first-order valence-corrected chi connectivity index (χ1v) is 42.4. The quantitative estimate of drug-likeness (QED) is 0.0196. The van der Waals surface area contributed by atoms with E-state index >= 15 is 0 Å². The standard InChI is InChI=1S/C23H28N4O4.2C23H28N2O5.C22H28N4O4.3H2/c1-3-30-23(29)26-25-22(28)18-12-31-13(2)17-11-27-9-8-15-14-6-4-5-7-19(14)24-21(15)20(27)10-16(17)18;1-12-16-10-25-6-5-13-15-8-20(27-2)21(28-3)9-18(15)24-22(13)19(25)7-14(16)17(11-30-12)23(26)29-4;1-12-17-10-25-6-5-14-15-8-20(27-3)21(28-4)9-18(15)24-23(14)19(25)7-16(17)22(11-29-12)30-13(2)26;1-11-15-9-26-5-4-12-14-7-19(28-2)20(29-3)8-17(14)24-21(12)18(26)6-13(15)16(10-30-11)22(27)25-23;;;/h4-7,12-13,16-17,20,24H,3,8-11H2,1-2H3,(H,25,28)(H,26,29);8-9,11-12,14,16,19,24H,5-7,10H2,1-4H3;8-9,11-12,16-17,19,24H,5-7,10H2,1-4H3;7-8,10-11,13,15,18,24H,4-6,9,23H2,1-3H3,(H,25,27);3*1H/t13-,16-,17-,20-;12-,14?,16?,19?;12-,16-,17-,19+;11-,13-,15-,18+;;;/m0000.../s1. The number of carbonyl (C=O) groups is 5.